The molecule has 1 heterocycles. The summed E-state index contributed by atoms with van der Waals surface area (Å²) in [5.41, 5.74) is 2.55. The van der Waals surface area contributed by atoms with Gasteiger partial charge in [0.25, 0.3) is 5.69 Å². The Bertz CT molecular complexity index is 1560. The van der Waals surface area contributed by atoms with Crippen LogP contribution < -0.4 is 4.90 Å². The number of hydrogen-bond donors (Lipinski definition) is 1. The second-order valence-corrected chi connectivity index (χ2v) is 10.1. The van der Waals surface area contributed by atoms with E-state index in [1.54, 1.807) is 25.1 Å². The standard InChI is InChI=1S/C29H22N2O7/c1-14-11-23(33)26-22(27(14)34)13-21-19(24(26)15-3-2-4-18(32)12-15)9-10-20-25(21)29(36)30(28(20)35)16-5-7-17(8-6-16)31(37)38/h2-9,11-12,20-21,24-25,32H,10,13H2,1H3. The molecule has 0 spiro atoms. The molecule has 0 aromatic heterocycles. The molecule has 38 heavy (non-hydrogen) atoms. The molecule has 3 aliphatic carbocycles. The van der Waals surface area contributed by atoms with Crippen LogP contribution in [0.2, 0.25) is 0 Å². The van der Waals surface area contributed by atoms with Gasteiger partial charge in [0.2, 0.25) is 11.8 Å². The summed E-state index contributed by atoms with van der Waals surface area (Å²) in [6, 6.07) is 11.8. The minimum absolute atomic E-state index is 0.0128. The number of aromatic hydroxyl groups is 1. The van der Waals surface area contributed by atoms with Gasteiger partial charge >= 0.3 is 0 Å². The van der Waals surface area contributed by atoms with E-state index in [1.807, 2.05) is 6.08 Å². The highest BCUT2D eigenvalue weighted by Gasteiger charge is 2.56. The summed E-state index contributed by atoms with van der Waals surface area (Å²) in [5.74, 6) is -3.85. The Labute approximate surface area is 216 Å². The van der Waals surface area contributed by atoms with Gasteiger partial charge in [-0.15, -0.1) is 0 Å². The maximum atomic E-state index is 13.8. The molecule has 9 nitrogen and oxygen atoms in total. The van der Waals surface area contributed by atoms with Crippen molar-refractivity contribution >= 4 is 34.8 Å². The third kappa shape index (κ3) is 3.38. The van der Waals surface area contributed by atoms with Crippen molar-refractivity contribution in [3.63, 3.8) is 0 Å². The number of nitro groups is 1. The van der Waals surface area contributed by atoms with Gasteiger partial charge in [-0.05, 0) is 61.6 Å². The molecule has 1 fully saturated rings. The molecule has 0 saturated carbocycles. The fourth-order valence-electron chi connectivity index (χ4n) is 6.44. The van der Waals surface area contributed by atoms with E-state index < -0.39 is 34.5 Å². The van der Waals surface area contributed by atoms with Crippen molar-refractivity contribution in [1.29, 1.82) is 0 Å². The first-order valence-electron chi connectivity index (χ1n) is 12.3. The van der Waals surface area contributed by atoms with E-state index in [-0.39, 0.29) is 47.4 Å². The van der Waals surface area contributed by atoms with E-state index in [1.165, 1.54) is 36.4 Å². The number of fused-ring (bicyclic) bond motifs is 3. The number of carbonyl (C=O) groups excluding carboxylic acids is 4. The summed E-state index contributed by atoms with van der Waals surface area (Å²) in [6.45, 7) is 1.59. The van der Waals surface area contributed by atoms with E-state index >= 15 is 0 Å². The zero-order chi connectivity index (χ0) is 26.9. The number of amides is 2. The van der Waals surface area contributed by atoms with Crippen molar-refractivity contribution in [3.8, 4) is 5.75 Å². The predicted molar refractivity (Wildman–Crippen MR) is 135 cm³/mol. The summed E-state index contributed by atoms with van der Waals surface area (Å²) in [4.78, 5) is 65.4. The van der Waals surface area contributed by atoms with Gasteiger partial charge in [-0.3, -0.25) is 34.2 Å². The average Bonchev–Trinajstić information content (AvgIpc) is 3.15. The van der Waals surface area contributed by atoms with Gasteiger partial charge in [-0.1, -0.05) is 23.8 Å². The lowest BCUT2D eigenvalue weighted by molar-refractivity contribution is -0.384. The lowest BCUT2D eigenvalue weighted by atomic mass is 9.59. The van der Waals surface area contributed by atoms with E-state index in [0.717, 1.165) is 10.5 Å². The molecular formula is C29H22N2O7. The number of imide groups is 1. The van der Waals surface area contributed by atoms with Crippen LogP contribution >= 0.6 is 0 Å². The fraction of sp³-hybridized carbons (Fsp3) is 0.241. The van der Waals surface area contributed by atoms with Crippen LogP contribution in [0, 0.1) is 27.9 Å². The Hall–Kier alpha value is -4.66. The van der Waals surface area contributed by atoms with Gasteiger partial charge in [0.05, 0.1) is 22.4 Å². The lowest BCUT2D eigenvalue weighted by Crippen LogP contribution is -2.39. The number of phenolic OH excluding ortho intramolecular Hbond substituents is 1. The number of non-ortho nitro benzene ring substituents is 1. The minimum atomic E-state index is -0.749. The zero-order valence-electron chi connectivity index (χ0n) is 20.3. The smallest absolute Gasteiger partial charge is 0.269 e. The molecule has 0 radical (unpaired) electrons. The summed E-state index contributed by atoms with van der Waals surface area (Å²) in [7, 11) is 0. The van der Waals surface area contributed by atoms with Crippen molar-refractivity contribution in [2.45, 2.75) is 25.7 Å². The van der Waals surface area contributed by atoms with Gasteiger partial charge in [0, 0.05) is 34.8 Å². The van der Waals surface area contributed by atoms with Gasteiger partial charge in [0.15, 0.2) is 11.6 Å². The van der Waals surface area contributed by atoms with Gasteiger partial charge in [0.1, 0.15) is 5.75 Å². The fourth-order valence-corrected chi connectivity index (χ4v) is 6.44. The predicted octanol–water partition coefficient (Wildman–Crippen LogP) is 3.93. The van der Waals surface area contributed by atoms with Crippen molar-refractivity contribution < 1.29 is 29.2 Å². The van der Waals surface area contributed by atoms with Crippen molar-refractivity contribution in [2.75, 3.05) is 4.90 Å². The molecule has 1 aliphatic heterocycles. The molecule has 1 saturated heterocycles. The third-order valence-electron chi connectivity index (χ3n) is 8.08. The maximum Gasteiger partial charge on any atom is 0.269 e. The van der Waals surface area contributed by atoms with Crippen molar-refractivity contribution in [3.05, 3.63) is 98.7 Å². The summed E-state index contributed by atoms with van der Waals surface area (Å²) in [6.07, 6.45) is 3.67. The first-order chi connectivity index (χ1) is 18.2. The number of ketones is 2. The van der Waals surface area contributed by atoms with Crippen LogP contribution in [0.25, 0.3) is 0 Å². The summed E-state index contributed by atoms with van der Waals surface area (Å²) < 4.78 is 0. The van der Waals surface area contributed by atoms with Crippen molar-refractivity contribution in [2.24, 2.45) is 17.8 Å². The molecule has 2 amide bonds. The van der Waals surface area contributed by atoms with Crippen molar-refractivity contribution in [1.82, 2.24) is 0 Å². The van der Waals surface area contributed by atoms with Gasteiger partial charge in [-0.2, -0.15) is 0 Å². The van der Waals surface area contributed by atoms with Crippen LogP contribution in [0.3, 0.4) is 0 Å². The highest BCUT2D eigenvalue weighted by molar-refractivity contribution is 6.25. The minimum Gasteiger partial charge on any atom is -0.508 e. The Morgan fingerprint density at radius 3 is 2.42 bits per heavy atom. The number of phenols is 1. The molecule has 190 valence electrons. The van der Waals surface area contributed by atoms with Crippen LogP contribution in [0.15, 0.2) is 83.0 Å². The monoisotopic (exact) mass is 510 g/mol. The number of nitro benzene ring substituents is 1. The number of nitrogens with zero attached hydrogens (tertiary/aromatic N) is 2. The molecule has 1 N–H and O–H groups in total. The maximum absolute atomic E-state index is 13.8. The number of benzene rings is 2. The molecule has 2 aromatic rings. The van der Waals surface area contributed by atoms with Crippen LogP contribution in [0.4, 0.5) is 11.4 Å². The first kappa shape index (κ1) is 23.7. The highest BCUT2D eigenvalue weighted by atomic mass is 16.6. The van der Waals surface area contributed by atoms with Gasteiger partial charge in [-0.25, -0.2) is 0 Å². The number of rotatable bonds is 3. The second-order valence-electron chi connectivity index (χ2n) is 10.1. The van der Waals surface area contributed by atoms with E-state index in [9.17, 15) is 34.4 Å². The quantitative estimate of drug-likeness (QED) is 0.217. The summed E-state index contributed by atoms with van der Waals surface area (Å²) in [5, 5.41) is 21.2. The van der Waals surface area contributed by atoms with Gasteiger partial charge < -0.3 is 5.11 Å². The topological polar surface area (TPSA) is 135 Å². The number of anilines is 1. The molecule has 0 bridgehead atoms. The Morgan fingerprint density at radius 2 is 1.74 bits per heavy atom. The highest BCUT2D eigenvalue weighted by Crippen LogP contribution is 2.55. The lowest BCUT2D eigenvalue weighted by Gasteiger charge is -2.42. The molecular weight excluding hydrogens is 488 g/mol. The molecule has 4 aliphatic rings. The Balaban J connectivity index is 1.45. The number of carbonyl (C=O) groups is 4. The molecule has 4 unspecified atom stereocenters. The van der Waals surface area contributed by atoms with E-state index in [0.29, 0.717) is 22.3 Å². The van der Waals surface area contributed by atoms with E-state index in [2.05, 4.69) is 0 Å². The average molecular weight is 511 g/mol. The zero-order valence-corrected chi connectivity index (χ0v) is 20.3. The Morgan fingerprint density at radius 1 is 1.00 bits per heavy atom. The number of Topliss-reactive ketones (excluding diaryl/α,β-unsaturated/α-hetero) is 1. The molecule has 9 heteroatoms. The van der Waals surface area contributed by atoms with Crippen LogP contribution in [0.1, 0.15) is 31.2 Å². The van der Waals surface area contributed by atoms with Crippen LogP contribution in [-0.2, 0) is 19.2 Å². The summed E-state index contributed by atoms with van der Waals surface area (Å²) >= 11 is 0. The molecule has 4 atom stereocenters. The Kier molecular flexibility index (Phi) is 5.27. The molecule has 2 aromatic carbocycles. The number of allylic oxidation sites excluding steroid dienone is 6. The van der Waals surface area contributed by atoms with Crippen LogP contribution in [-0.4, -0.2) is 33.4 Å². The van der Waals surface area contributed by atoms with E-state index in [4.69, 9.17) is 0 Å². The van der Waals surface area contributed by atoms with Crippen LogP contribution in [0.5, 0.6) is 5.75 Å². The third-order valence-corrected chi connectivity index (χ3v) is 8.08. The first-order valence-corrected chi connectivity index (χ1v) is 12.3. The number of hydrogen-bond acceptors (Lipinski definition) is 7. The normalized spacial score (nSPS) is 26.5. The molecule has 6 rings (SSSR count). The SMILES string of the molecule is CC1=CC(=O)C2=C(CC3C(=CCC4C(=O)N(c5ccc([N+](=O)[O-])cc5)C(=O)C43)C2c2cccc(O)c2)C1=O. The largest absolute Gasteiger partial charge is 0.508 e. The second kappa shape index (κ2) is 8.44.